The van der Waals surface area contributed by atoms with Crippen molar-refractivity contribution < 1.29 is 23.7 Å². The third-order valence-corrected chi connectivity index (χ3v) is 4.91. The van der Waals surface area contributed by atoms with Gasteiger partial charge < -0.3 is 23.8 Å². The van der Waals surface area contributed by atoms with Gasteiger partial charge in [-0.3, -0.25) is 4.79 Å². The van der Waals surface area contributed by atoms with Crippen LogP contribution in [0.2, 0.25) is 0 Å². The van der Waals surface area contributed by atoms with Gasteiger partial charge in [0, 0.05) is 31.2 Å². The predicted octanol–water partition coefficient (Wildman–Crippen LogP) is 1.82. The molecule has 124 valence electrons. The highest BCUT2D eigenvalue weighted by atomic mass is 16.7. The molecule has 1 aromatic rings. The average molecular weight is 319 g/mol. The van der Waals surface area contributed by atoms with Crippen molar-refractivity contribution in [1.82, 2.24) is 4.90 Å². The molecule has 0 aliphatic carbocycles. The van der Waals surface area contributed by atoms with E-state index in [9.17, 15) is 4.79 Å². The molecule has 0 aromatic heterocycles. The van der Waals surface area contributed by atoms with E-state index in [-0.39, 0.29) is 24.7 Å². The Morgan fingerprint density at radius 1 is 1.26 bits per heavy atom. The average Bonchev–Trinajstić information content (AvgIpc) is 3.21. The van der Waals surface area contributed by atoms with E-state index < -0.39 is 0 Å². The summed E-state index contributed by atoms with van der Waals surface area (Å²) in [7, 11) is 0. The van der Waals surface area contributed by atoms with Gasteiger partial charge in [-0.1, -0.05) is 0 Å². The van der Waals surface area contributed by atoms with Crippen LogP contribution in [0, 0.1) is 5.41 Å². The van der Waals surface area contributed by atoms with Crippen LogP contribution in [-0.2, 0) is 9.53 Å². The van der Waals surface area contributed by atoms with Crippen molar-refractivity contribution in [3.05, 3.63) is 18.2 Å². The van der Waals surface area contributed by atoms with E-state index in [1.807, 2.05) is 4.90 Å². The predicted molar refractivity (Wildman–Crippen MR) is 81.7 cm³/mol. The SMILES string of the molecule is O=C(COc1ccc2c(c1)OCO2)N1CCCC2(CCOC2)C1. The molecule has 0 radical (unpaired) electrons. The Morgan fingerprint density at radius 2 is 2.17 bits per heavy atom. The first-order valence-corrected chi connectivity index (χ1v) is 8.12. The van der Waals surface area contributed by atoms with Crippen molar-refractivity contribution in [3.8, 4) is 17.2 Å². The van der Waals surface area contributed by atoms with Crippen LogP contribution in [0.3, 0.4) is 0 Å². The molecule has 3 aliphatic heterocycles. The summed E-state index contributed by atoms with van der Waals surface area (Å²) in [5.41, 5.74) is 0.173. The number of nitrogens with zero attached hydrogens (tertiary/aromatic N) is 1. The molecule has 1 spiro atoms. The highest BCUT2D eigenvalue weighted by Crippen LogP contribution is 2.38. The maximum absolute atomic E-state index is 12.4. The summed E-state index contributed by atoms with van der Waals surface area (Å²) in [6, 6.07) is 5.36. The first kappa shape index (κ1) is 14.6. The Morgan fingerprint density at radius 3 is 3.04 bits per heavy atom. The summed E-state index contributed by atoms with van der Waals surface area (Å²) >= 11 is 0. The van der Waals surface area contributed by atoms with Crippen LogP contribution in [0.1, 0.15) is 19.3 Å². The molecule has 3 aliphatic rings. The summed E-state index contributed by atoms with van der Waals surface area (Å²) in [5, 5.41) is 0. The molecule has 1 atom stereocenters. The first-order chi connectivity index (χ1) is 11.2. The molecule has 6 nitrogen and oxygen atoms in total. The summed E-state index contributed by atoms with van der Waals surface area (Å²) < 4.78 is 21.8. The number of fused-ring (bicyclic) bond motifs is 1. The van der Waals surface area contributed by atoms with Crippen molar-refractivity contribution in [1.29, 1.82) is 0 Å². The van der Waals surface area contributed by atoms with Crippen molar-refractivity contribution in [2.45, 2.75) is 19.3 Å². The van der Waals surface area contributed by atoms with E-state index in [1.54, 1.807) is 18.2 Å². The van der Waals surface area contributed by atoms with Gasteiger partial charge in [0.1, 0.15) is 5.75 Å². The van der Waals surface area contributed by atoms with Gasteiger partial charge in [-0.2, -0.15) is 0 Å². The third-order valence-electron chi connectivity index (χ3n) is 4.91. The van der Waals surface area contributed by atoms with Crippen LogP contribution in [-0.4, -0.2) is 50.5 Å². The van der Waals surface area contributed by atoms with Crippen LogP contribution >= 0.6 is 0 Å². The molecule has 3 heterocycles. The standard InChI is InChI=1S/C17H21NO5/c19-16(18-6-1-4-17(10-18)5-7-20-11-17)9-21-13-2-3-14-15(8-13)23-12-22-14/h2-3,8H,1,4-7,9-12H2. The second-order valence-corrected chi connectivity index (χ2v) is 6.53. The molecular formula is C17H21NO5. The number of ether oxygens (including phenoxy) is 4. The minimum Gasteiger partial charge on any atom is -0.484 e. The molecule has 2 fully saturated rings. The van der Waals surface area contributed by atoms with E-state index >= 15 is 0 Å². The topological polar surface area (TPSA) is 57.2 Å². The Bertz CT molecular complexity index is 597. The quantitative estimate of drug-likeness (QED) is 0.850. The second kappa shape index (κ2) is 5.92. The number of benzene rings is 1. The summed E-state index contributed by atoms with van der Waals surface area (Å²) in [6.45, 7) is 3.48. The van der Waals surface area contributed by atoms with Gasteiger partial charge >= 0.3 is 0 Å². The lowest BCUT2D eigenvalue weighted by Gasteiger charge is -2.39. The van der Waals surface area contributed by atoms with Gasteiger partial charge in [0.05, 0.1) is 6.61 Å². The maximum atomic E-state index is 12.4. The molecule has 0 saturated carbocycles. The zero-order valence-electron chi connectivity index (χ0n) is 13.1. The zero-order chi connectivity index (χ0) is 15.7. The van der Waals surface area contributed by atoms with Crippen LogP contribution in [0.5, 0.6) is 17.2 Å². The minimum atomic E-state index is 0.0358. The molecule has 23 heavy (non-hydrogen) atoms. The van der Waals surface area contributed by atoms with Crippen LogP contribution in [0.25, 0.3) is 0 Å². The van der Waals surface area contributed by atoms with Crippen molar-refractivity contribution in [2.24, 2.45) is 5.41 Å². The largest absolute Gasteiger partial charge is 0.484 e. The van der Waals surface area contributed by atoms with Crippen molar-refractivity contribution in [2.75, 3.05) is 39.7 Å². The Kier molecular flexibility index (Phi) is 3.77. The molecule has 4 rings (SSSR count). The monoisotopic (exact) mass is 319 g/mol. The van der Waals surface area contributed by atoms with Gasteiger partial charge in [-0.05, 0) is 31.4 Å². The third kappa shape index (κ3) is 2.95. The number of carbonyl (C=O) groups is 1. The molecule has 6 heteroatoms. The Balaban J connectivity index is 1.34. The lowest BCUT2D eigenvalue weighted by molar-refractivity contribution is -0.137. The zero-order valence-corrected chi connectivity index (χ0v) is 13.1. The van der Waals surface area contributed by atoms with Crippen LogP contribution in [0.15, 0.2) is 18.2 Å². The van der Waals surface area contributed by atoms with Crippen molar-refractivity contribution >= 4 is 5.91 Å². The Labute approximate surface area is 135 Å². The van der Waals surface area contributed by atoms with Crippen LogP contribution < -0.4 is 14.2 Å². The fourth-order valence-corrected chi connectivity index (χ4v) is 3.60. The molecule has 1 unspecified atom stereocenters. The molecule has 1 amide bonds. The second-order valence-electron chi connectivity index (χ2n) is 6.53. The lowest BCUT2D eigenvalue weighted by Crippen LogP contribution is -2.48. The number of piperidine rings is 1. The molecule has 2 saturated heterocycles. The van der Waals surface area contributed by atoms with Gasteiger partial charge in [-0.25, -0.2) is 0 Å². The Hall–Kier alpha value is -1.95. The molecule has 1 aromatic carbocycles. The number of hydrogen-bond acceptors (Lipinski definition) is 5. The van der Waals surface area contributed by atoms with E-state index in [0.717, 1.165) is 45.6 Å². The van der Waals surface area contributed by atoms with Gasteiger partial charge in [0.25, 0.3) is 5.91 Å². The number of hydrogen-bond donors (Lipinski definition) is 0. The molecule has 0 N–H and O–H groups in total. The highest BCUT2D eigenvalue weighted by molar-refractivity contribution is 5.78. The fourth-order valence-electron chi connectivity index (χ4n) is 3.60. The highest BCUT2D eigenvalue weighted by Gasteiger charge is 2.40. The normalized spacial score (nSPS) is 25.8. The summed E-state index contributed by atoms with van der Waals surface area (Å²) in [5.74, 6) is 2.03. The molecular weight excluding hydrogens is 298 g/mol. The minimum absolute atomic E-state index is 0.0358. The van der Waals surface area contributed by atoms with Crippen LogP contribution in [0.4, 0.5) is 0 Å². The van der Waals surface area contributed by atoms with E-state index in [0.29, 0.717) is 17.2 Å². The van der Waals surface area contributed by atoms with E-state index in [1.165, 1.54) is 0 Å². The number of amides is 1. The smallest absolute Gasteiger partial charge is 0.260 e. The number of rotatable bonds is 3. The van der Waals surface area contributed by atoms with Gasteiger partial charge in [-0.15, -0.1) is 0 Å². The maximum Gasteiger partial charge on any atom is 0.260 e. The number of carbonyl (C=O) groups excluding carboxylic acids is 1. The number of likely N-dealkylation sites (tertiary alicyclic amines) is 1. The summed E-state index contributed by atoms with van der Waals surface area (Å²) in [4.78, 5) is 14.4. The van der Waals surface area contributed by atoms with Gasteiger partial charge in [0.2, 0.25) is 6.79 Å². The fraction of sp³-hybridized carbons (Fsp3) is 0.588. The van der Waals surface area contributed by atoms with Gasteiger partial charge in [0.15, 0.2) is 18.1 Å². The first-order valence-electron chi connectivity index (χ1n) is 8.12. The molecule has 0 bridgehead atoms. The van der Waals surface area contributed by atoms with Crippen molar-refractivity contribution in [3.63, 3.8) is 0 Å². The summed E-state index contributed by atoms with van der Waals surface area (Å²) in [6.07, 6.45) is 3.25. The lowest BCUT2D eigenvalue weighted by atomic mass is 9.79. The van der Waals surface area contributed by atoms with E-state index in [4.69, 9.17) is 18.9 Å². The van der Waals surface area contributed by atoms with E-state index in [2.05, 4.69) is 0 Å².